The normalized spacial score (nSPS) is 11.0. The van der Waals surface area contributed by atoms with Crippen molar-refractivity contribution in [3.05, 3.63) is 28.3 Å². The van der Waals surface area contributed by atoms with Crippen molar-refractivity contribution in [2.24, 2.45) is 0 Å². The molecule has 0 aliphatic rings. The van der Waals surface area contributed by atoms with Crippen molar-refractivity contribution in [1.29, 1.82) is 0 Å². The van der Waals surface area contributed by atoms with Gasteiger partial charge in [0, 0.05) is 6.07 Å². The first-order chi connectivity index (χ1) is 9.81. The molecule has 0 heterocycles. The molecule has 21 heavy (non-hydrogen) atoms. The molecule has 0 amide bonds. The molecule has 0 N–H and O–H groups in total. The molecule has 116 valence electrons. The Morgan fingerprint density at radius 2 is 2.10 bits per heavy atom. The third-order valence-electron chi connectivity index (χ3n) is 2.28. The van der Waals surface area contributed by atoms with Crippen LogP contribution in [0.25, 0.3) is 0 Å². The van der Waals surface area contributed by atoms with E-state index in [1.807, 2.05) is 0 Å². The predicted octanol–water partition coefficient (Wildman–Crippen LogP) is 1.51. The minimum absolute atomic E-state index is 0.150. The van der Waals surface area contributed by atoms with Crippen LogP contribution in [0.5, 0.6) is 5.75 Å². The number of hydrogen-bond donors (Lipinski definition) is 0. The van der Waals surface area contributed by atoms with Gasteiger partial charge >= 0.3 is 11.7 Å². The van der Waals surface area contributed by atoms with Crippen LogP contribution >= 0.6 is 11.6 Å². The van der Waals surface area contributed by atoms with Crippen molar-refractivity contribution in [3.63, 3.8) is 0 Å². The Bertz CT molecular complexity index is 644. The minimum atomic E-state index is -3.80. The van der Waals surface area contributed by atoms with E-state index in [1.54, 1.807) is 6.92 Å². The number of sulfone groups is 1. The molecular formula is C11H12ClNO7S. The summed E-state index contributed by atoms with van der Waals surface area (Å²) in [5.41, 5.74) is -0.578. The maximum Gasteiger partial charge on any atom is 0.344 e. The topological polar surface area (TPSA) is 113 Å². The van der Waals surface area contributed by atoms with Gasteiger partial charge in [0.2, 0.25) is 0 Å². The summed E-state index contributed by atoms with van der Waals surface area (Å²) < 4.78 is 32.7. The molecule has 10 heteroatoms. The smallest absolute Gasteiger partial charge is 0.344 e. The maximum absolute atomic E-state index is 11.6. The van der Waals surface area contributed by atoms with Crippen LogP contribution in [0, 0.1) is 10.1 Å². The van der Waals surface area contributed by atoms with Crippen LogP contribution in [0.2, 0.25) is 0 Å². The number of nitro groups is 1. The zero-order chi connectivity index (χ0) is 16.0. The largest absolute Gasteiger partial charge is 0.475 e. The summed E-state index contributed by atoms with van der Waals surface area (Å²) in [6, 6.07) is 3.04. The van der Waals surface area contributed by atoms with Crippen LogP contribution in [0.4, 0.5) is 5.69 Å². The number of esters is 1. The summed E-state index contributed by atoms with van der Waals surface area (Å²) >= 11 is 5.29. The number of nitro benzene ring substituents is 1. The average molecular weight is 338 g/mol. The third kappa shape index (κ3) is 4.57. The molecular weight excluding hydrogens is 326 g/mol. The lowest BCUT2D eigenvalue weighted by molar-refractivity contribution is -0.386. The molecule has 8 nitrogen and oxygen atoms in total. The minimum Gasteiger partial charge on any atom is -0.475 e. The number of rotatable bonds is 7. The maximum atomic E-state index is 11.6. The summed E-state index contributed by atoms with van der Waals surface area (Å²) in [7, 11) is -3.80. The van der Waals surface area contributed by atoms with Crippen molar-refractivity contribution >= 4 is 33.1 Å². The van der Waals surface area contributed by atoms with Gasteiger partial charge in [0.25, 0.3) is 0 Å². The highest BCUT2D eigenvalue weighted by Crippen LogP contribution is 2.30. The van der Waals surface area contributed by atoms with Crippen LogP contribution < -0.4 is 4.74 Å². The van der Waals surface area contributed by atoms with Gasteiger partial charge in [0.15, 0.2) is 22.2 Å². The van der Waals surface area contributed by atoms with Crippen LogP contribution in [-0.4, -0.2) is 37.7 Å². The van der Waals surface area contributed by atoms with Gasteiger partial charge in [-0.3, -0.25) is 10.1 Å². The molecule has 1 rings (SSSR count). The Morgan fingerprint density at radius 3 is 2.62 bits per heavy atom. The first kappa shape index (κ1) is 17.2. The van der Waals surface area contributed by atoms with Gasteiger partial charge in [0.1, 0.15) is 5.21 Å². The Morgan fingerprint density at radius 1 is 1.43 bits per heavy atom. The molecule has 0 atom stereocenters. The molecule has 0 saturated heterocycles. The number of nitrogens with zero attached hydrogens (tertiary/aromatic N) is 1. The zero-order valence-electron chi connectivity index (χ0n) is 10.9. The van der Waals surface area contributed by atoms with Gasteiger partial charge in [0.05, 0.1) is 16.4 Å². The van der Waals surface area contributed by atoms with Crippen molar-refractivity contribution in [2.75, 3.05) is 18.4 Å². The van der Waals surface area contributed by atoms with E-state index in [9.17, 15) is 23.3 Å². The zero-order valence-corrected chi connectivity index (χ0v) is 12.5. The van der Waals surface area contributed by atoms with E-state index in [2.05, 4.69) is 4.74 Å². The van der Waals surface area contributed by atoms with Gasteiger partial charge in [-0.1, -0.05) is 0 Å². The van der Waals surface area contributed by atoms with Crippen LogP contribution in [0.3, 0.4) is 0 Å². The highest BCUT2D eigenvalue weighted by Gasteiger charge is 2.22. The molecule has 0 bridgehead atoms. The number of ether oxygens (including phenoxy) is 2. The van der Waals surface area contributed by atoms with E-state index in [0.717, 1.165) is 18.2 Å². The molecule has 1 aromatic rings. The second-order valence-corrected chi connectivity index (χ2v) is 6.28. The molecule has 0 fully saturated rings. The van der Waals surface area contributed by atoms with Crippen LogP contribution in [0.15, 0.2) is 23.1 Å². The van der Waals surface area contributed by atoms with E-state index in [-0.39, 0.29) is 17.3 Å². The van der Waals surface area contributed by atoms with E-state index in [4.69, 9.17) is 16.3 Å². The third-order valence-corrected chi connectivity index (χ3v) is 4.40. The number of carbonyl (C=O) groups excluding carboxylic acids is 1. The van der Waals surface area contributed by atoms with E-state index in [0.29, 0.717) is 0 Å². The summed E-state index contributed by atoms with van der Waals surface area (Å²) in [5, 5.41) is 10.2. The lowest BCUT2D eigenvalue weighted by Crippen LogP contribution is -2.15. The van der Waals surface area contributed by atoms with E-state index >= 15 is 0 Å². The van der Waals surface area contributed by atoms with Gasteiger partial charge in [-0.15, -0.1) is 11.6 Å². The fourth-order valence-corrected chi connectivity index (χ4v) is 2.43. The number of carbonyl (C=O) groups is 1. The molecule has 0 aromatic heterocycles. The second-order valence-electron chi connectivity index (χ2n) is 3.70. The van der Waals surface area contributed by atoms with Crippen molar-refractivity contribution in [1.82, 2.24) is 0 Å². The second kappa shape index (κ2) is 7.23. The quantitative estimate of drug-likeness (QED) is 0.320. The Balaban J connectivity index is 3.06. The standard InChI is InChI=1S/C11H12ClNO7S/c1-2-19-11(14)6-20-10-4-3-8(21(17,18)7-12)5-9(10)13(15)16/h3-5H,2,6-7H2,1H3. The first-order valence-corrected chi connectivity index (χ1v) is 7.86. The molecule has 1 aromatic carbocycles. The van der Waals surface area contributed by atoms with Crippen molar-refractivity contribution in [3.8, 4) is 5.75 Å². The Labute approximate surface area is 125 Å². The van der Waals surface area contributed by atoms with Gasteiger partial charge in [-0.25, -0.2) is 13.2 Å². The summed E-state index contributed by atoms with van der Waals surface area (Å²) in [5.74, 6) is -0.925. The van der Waals surface area contributed by atoms with Gasteiger partial charge < -0.3 is 9.47 Å². The van der Waals surface area contributed by atoms with Crippen LogP contribution in [0.1, 0.15) is 6.92 Å². The predicted molar refractivity (Wildman–Crippen MR) is 73.1 cm³/mol. The van der Waals surface area contributed by atoms with E-state index < -0.39 is 38.2 Å². The molecule has 0 aliphatic heterocycles. The van der Waals surface area contributed by atoms with Gasteiger partial charge in [-0.05, 0) is 19.1 Å². The number of halogens is 1. The summed E-state index contributed by atoms with van der Waals surface area (Å²) in [4.78, 5) is 21.0. The van der Waals surface area contributed by atoms with E-state index in [1.165, 1.54) is 0 Å². The molecule has 0 saturated carbocycles. The highest BCUT2D eigenvalue weighted by molar-refractivity contribution is 7.92. The number of benzene rings is 1. The Kier molecular flexibility index (Phi) is 5.91. The lowest BCUT2D eigenvalue weighted by Gasteiger charge is -2.07. The van der Waals surface area contributed by atoms with Crippen LogP contribution in [-0.2, 0) is 19.4 Å². The summed E-state index contributed by atoms with van der Waals surface area (Å²) in [6.45, 7) is 1.24. The Hall–Kier alpha value is -1.87. The average Bonchev–Trinajstić information content (AvgIpc) is 2.45. The molecule has 0 spiro atoms. The molecule has 0 aliphatic carbocycles. The number of alkyl halides is 1. The first-order valence-electron chi connectivity index (χ1n) is 5.67. The SMILES string of the molecule is CCOC(=O)COc1ccc(S(=O)(=O)CCl)cc1[N+](=O)[O-]. The van der Waals surface area contributed by atoms with Crippen molar-refractivity contribution < 1.29 is 27.6 Å². The fourth-order valence-electron chi connectivity index (χ4n) is 1.36. The fraction of sp³-hybridized carbons (Fsp3) is 0.364. The van der Waals surface area contributed by atoms with Crippen molar-refractivity contribution in [2.45, 2.75) is 11.8 Å². The highest BCUT2D eigenvalue weighted by atomic mass is 35.5. The monoisotopic (exact) mass is 337 g/mol. The lowest BCUT2D eigenvalue weighted by atomic mass is 10.3. The van der Waals surface area contributed by atoms with Gasteiger partial charge in [-0.2, -0.15) is 0 Å². The molecule has 0 unspecified atom stereocenters. The molecule has 0 radical (unpaired) electrons. The number of hydrogen-bond acceptors (Lipinski definition) is 7. The summed E-state index contributed by atoms with van der Waals surface area (Å²) in [6.07, 6.45) is 0.